The van der Waals surface area contributed by atoms with Gasteiger partial charge in [-0.25, -0.2) is 14.4 Å². The third kappa shape index (κ3) is 3.11. The first kappa shape index (κ1) is 18.0. The van der Waals surface area contributed by atoms with Crippen LogP contribution in [0.25, 0.3) is 27.7 Å². The van der Waals surface area contributed by atoms with Crippen molar-refractivity contribution in [2.45, 2.75) is 38.8 Å². The third-order valence-electron chi connectivity index (χ3n) is 5.73. The molecule has 0 saturated carbocycles. The van der Waals surface area contributed by atoms with Crippen LogP contribution in [0, 0.1) is 12.7 Å². The second-order valence-electron chi connectivity index (χ2n) is 7.91. The van der Waals surface area contributed by atoms with Gasteiger partial charge in [0.05, 0.1) is 22.9 Å². The van der Waals surface area contributed by atoms with Crippen LogP contribution >= 0.6 is 0 Å². The summed E-state index contributed by atoms with van der Waals surface area (Å²) >= 11 is 0. The van der Waals surface area contributed by atoms with Gasteiger partial charge in [-0.1, -0.05) is 6.07 Å². The molecule has 1 fully saturated rings. The molecule has 7 heteroatoms. The summed E-state index contributed by atoms with van der Waals surface area (Å²) in [7, 11) is 0. The summed E-state index contributed by atoms with van der Waals surface area (Å²) in [5.74, 6) is -0.376. The molecule has 3 aromatic heterocycles. The van der Waals surface area contributed by atoms with Gasteiger partial charge < -0.3 is 9.72 Å². The van der Waals surface area contributed by atoms with Crippen LogP contribution in [0.4, 0.5) is 4.39 Å². The molecule has 4 aromatic rings. The molecule has 148 valence electrons. The number of aryl methyl sites for hydroxylation is 1. The van der Waals surface area contributed by atoms with Crippen LogP contribution in [0.5, 0.6) is 0 Å². The van der Waals surface area contributed by atoms with Crippen molar-refractivity contribution in [3.05, 3.63) is 64.9 Å². The van der Waals surface area contributed by atoms with E-state index in [4.69, 9.17) is 0 Å². The van der Waals surface area contributed by atoms with E-state index in [1.807, 2.05) is 25.3 Å². The molecule has 0 spiro atoms. The van der Waals surface area contributed by atoms with Crippen LogP contribution in [0.1, 0.15) is 31.5 Å². The number of hydrogen-bond donors (Lipinski definition) is 1. The summed E-state index contributed by atoms with van der Waals surface area (Å²) < 4.78 is 17.9. The number of aromatic nitrogens is 4. The Morgan fingerprint density at radius 3 is 2.90 bits per heavy atom. The van der Waals surface area contributed by atoms with Crippen molar-refractivity contribution in [2.24, 2.45) is 0 Å². The Kier molecular flexibility index (Phi) is 4.20. The van der Waals surface area contributed by atoms with E-state index in [2.05, 4.69) is 22.2 Å². The van der Waals surface area contributed by atoms with Gasteiger partial charge in [-0.2, -0.15) is 0 Å². The van der Waals surface area contributed by atoms with Crippen molar-refractivity contribution in [1.82, 2.24) is 24.3 Å². The molecule has 5 rings (SSSR count). The minimum absolute atomic E-state index is 0.0208. The molecule has 4 heterocycles. The fraction of sp³-hybridized carbons (Fsp3) is 0.318. The number of nitrogens with zero attached hydrogens (tertiary/aromatic N) is 4. The van der Waals surface area contributed by atoms with E-state index < -0.39 is 0 Å². The third-order valence-corrected chi connectivity index (χ3v) is 5.73. The lowest BCUT2D eigenvalue weighted by atomic mass is 10.00. The quantitative estimate of drug-likeness (QED) is 0.568. The van der Waals surface area contributed by atoms with E-state index in [1.54, 1.807) is 27.6 Å². The Balaban J connectivity index is 1.58. The summed E-state index contributed by atoms with van der Waals surface area (Å²) in [6.45, 7) is 4.87. The molecule has 1 aromatic carbocycles. The zero-order valence-corrected chi connectivity index (χ0v) is 16.4. The van der Waals surface area contributed by atoms with Crippen molar-refractivity contribution in [1.29, 1.82) is 0 Å². The first-order chi connectivity index (χ1) is 14.0. The van der Waals surface area contributed by atoms with Crippen LogP contribution in [-0.4, -0.2) is 31.5 Å². The number of benzene rings is 1. The molecule has 29 heavy (non-hydrogen) atoms. The SMILES string of the molecule is Cc1cn2cc(-c3ccc4c(=O)n(C5CCN[C@@H](C)C5)cnc4c3)cc(F)c2n1. The molecule has 6 nitrogen and oxygen atoms in total. The Morgan fingerprint density at radius 1 is 1.21 bits per heavy atom. The van der Waals surface area contributed by atoms with Gasteiger partial charge in [0, 0.05) is 30.0 Å². The molecule has 0 amide bonds. The Labute approximate surface area is 167 Å². The monoisotopic (exact) mass is 391 g/mol. The normalized spacial score (nSPS) is 19.8. The Morgan fingerprint density at radius 2 is 2.07 bits per heavy atom. The summed E-state index contributed by atoms with van der Waals surface area (Å²) in [6.07, 6.45) is 7.12. The molecule has 1 saturated heterocycles. The smallest absolute Gasteiger partial charge is 0.261 e. The fourth-order valence-corrected chi connectivity index (χ4v) is 4.27. The second-order valence-corrected chi connectivity index (χ2v) is 7.91. The molecule has 1 aliphatic heterocycles. The maximum absolute atomic E-state index is 14.5. The van der Waals surface area contributed by atoms with E-state index >= 15 is 0 Å². The average molecular weight is 391 g/mol. The first-order valence-electron chi connectivity index (χ1n) is 9.89. The van der Waals surface area contributed by atoms with Crippen molar-refractivity contribution < 1.29 is 4.39 Å². The number of imidazole rings is 1. The van der Waals surface area contributed by atoms with E-state index in [1.165, 1.54) is 6.07 Å². The number of piperidine rings is 1. The Hall–Kier alpha value is -3.06. The number of nitrogens with one attached hydrogen (secondary N) is 1. The van der Waals surface area contributed by atoms with Crippen molar-refractivity contribution >= 4 is 16.6 Å². The maximum Gasteiger partial charge on any atom is 0.261 e. The lowest BCUT2D eigenvalue weighted by Gasteiger charge is -2.29. The standard InChI is InChI=1S/C22H22FN5O/c1-13-7-17(5-6-24-13)28-12-25-20-9-15(3-4-18(20)22(28)29)16-8-19(23)21-26-14(2)10-27(21)11-16/h3-4,8-13,17,24H,5-7H2,1-2H3/t13-,17?/m0/s1. The highest BCUT2D eigenvalue weighted by molar-refractivity contribution is 5.83. The first-order valence-corrected chi connectivity index (χ1v) is 9.89. The summed E-state index contributed by atoms with van der Waals surface area (Å²) in [5.41, 5.74) is 3.19. The van der Waals surface area contributed by atoms with Crippen LogP contribution in [0.15, 0.2) is 47.8 Å². The number of fused-ring (bicyclic) bond motifs is 2. The van der Waals surface area contributed by atoms with Crippen molar-refractivity contribution in [3.8, 4) is 11.1 Å². The highest BCUT2D eigenvalue weighted by Crippen LogP contribution is 2.26. The minimum atomic E-state index is -0.376. The number of hydrogen-bond acceptors (Lipinski definition) is 4. The zero-order valence-electron chi connectivity index (χ0n) is 16.4. The number of pyridine rings is 1. The predicted molar refractivity (Wildman–Crippen MR) is 111 cm³/mol. The van der Waals surface area contributed by atoms with E-state index in [0.717, 1.165) is 30.6 Å². The van der Waals surface area contributed by atoms with Gasteiger partial charge in [0.15, 0.2) is 11.5 Å². The largest absolute Gasteiger partial charge is 0.314 e. The van der Waals surface area contributed by atoms with Gasteiger partial charge in [-0.3, -0.25) is 9.36 Å². The highest BCUT2D eigenvalue weighted by atomic mass is 19.1. The van der Waals surface area contributed by atoms with Crippen molar-refractivity contribution in [3.63, 3.8) is 0 Å². The molecular weight excluding hydrogens is 369 g/mol. The van der Waals surface area contributed by atoms with Gasteiger partial charge in [0.25, 0.3) is 5.56 Å². The minimum Gasteiger partial charge on any atom is -0.314 e. The topological polar surface area (TPSA) is 64.2 Å². The summed E-state index contributed by atoms with van der Waals surface area (Å²) in [5, 5.41) is 4.00. The molecule has 1 aliphatic rings. The average Bonchev–Trinajstić information content (AvgIpc) is 3.09. The van der Waals surface area contributed by atoms with Gasteiger partial charge in [0.1, 0.15) is 0 Å². The van der Waals surface area contributed by atoms with E-state index in [0.29, 0.717) is 28.2 Å². The van der Waals surface area contributed by atoms with E-state index in [-0.39, 0.29) is 17.4 Å². The number of rotatable bonds is 2. The second kappa shape index (κ2) is 6.77. The maximum atomic E-state index is 14.5. The lowest BCUT2D eigenvalue weighted by molar-refractivity contribution is 0.307. The summed E-state index contributed by atoms with van der Waals surface area (Å²) in [4.78, 5) is 21.8. The lowest BCUT2D eigenvalue weighted by Crippen LogP contribution is -2.39. The van der Waals surface area contributed by atoms with Gasteiger partial charge >= 0.3 is 0 Å². The summed E-state index contributed by atoms with van der Waals surface area (Å²) in [6, 6.07) is 7.51. The molecule has 0 bridgehead atoms. The van der Waals surface area contributed by atoms with Gasteiger partial charge in [-0.05, 0) is 57.0 Å². The van der Waals surface area contributed by atoms with Crippen LogP contribution in [-0.2, 0) is 0 Å². The van der Waals surface area contributed by atoms with Gasteiger partial charge in [-0.15, -0.1) is 0 Å². The molecular formula is C22H22FN5O. The van der Waals surface area contributed by atoms with Crippen LogP contribution in [0.3, 0.4) is 0 Å². The van der Waals surface area contributed by atoms with Gasteiger partial charge in [0.2, 0.25) is 0 Å². The molecule has 1 N–H and O–H groups in total. The van der Waals surface area contributed by atoms with Crippen LogP contribution < -0.4 is 10.9 Å². The number of halogens is 1. The zero-order chi connectivity index (χ0) is 20.1. The fourth-order valence-electron chi connectivity index (χ4n) is 4.27. The Bertz CT molecular complexity index is 1290. The molecule has 1 unspecified atom stereocenters. The molecule has 0 aliphatic carbocycles. The van der Waals surface area contributed by atoms with Crippen molar-refractivity contribution in [2.75, 3.05) is 6.54 Å². The molecule has 0 radical (unpaired) electrons. The molecule has 2 atom stereocenters. The van der Waals surface area contributed by atoms with E-state index in [9.17, 15) is 9.18 Å². The van der Waals surface area contributed by atoms with Crippen LogP contribution in [0.2, 0.25) is 0 Å². The highest BCUT2D eigenvalue weighted by Gasteiger charge is 2.21. The predicted octanol–water partition coefficient (Wildman–Crippen LogP) is 3.47.